The number of halogens is 1. The summed E-state index contributed by atoms with van der Waals surface area (Å²) >= 11 is 7.53. The van der Waals surface area contributed by atoms with Crippen LogP contribution in [-0.2, 0) is 14.4 Å². The van der Waals surface area contributed by atoms with Gasteiger partial charge in [-0.2, -0.15) is 0 Å². The predicted molar refractivity (Wildman–Crippen MR) is 148 cm³/mol. The quantitative estimate of drug-likeness (QED) is 0.220. The molecule has 0 bridgehead atoms. The molecule has 0 spiro atoms. The molecule has 3 unspecified atom stereocenters. The van der Waals surface area contributed by atoms with Crippen molar-refractivity contribution in [2.24, 2.45) is 11.8 Å². The molecule has 3 N–H and O–H groups in total. The molecule has 3 aromatic rings. The van der Waals surface area contributed by atoms with E-state index in [-0.39, 0.29) is 11.8 Å². The van der Waals surface area contributed by atoms with Gasteiger partial charge in [0.2, 0.25) is 11.8 Å². The van der Waals surface area contributed by atoms with Crippen molar-refractivity contribution in [3.8, 4) is 0 Å². The highest BCUT2D eigenvalue weighted by molar-refractivity contribution is 8.00. The third kappa shape index (κ3) is 6.81. The molecule has 4 rings (SSSR count). The molecule has 190 valence electrons. The van der Waals surface area contributed by atoms with Crippen LogP contribution in [-0.4, -0.2) is 22.9 Å². The van der Waals surface area contributed by atoms with Gasteiger partial charge in [0.1, 0.15) is 5.25 Å². The maximum atomic E-state index is 13.4. The lowest BCUT2D eigenvalue weighted by molar-refractivity contribution is -0.146. The van der Waals surface area contributed by atoms with Gasteiger partial charge in [-0.1, -0.05) is 60.2 Å². The molecule has 2 amide bonds. The van der Waals surface area contributed by atoms with Crippen LogP contribution >= 0.6 is 23.4 Å². The zero-order valence-corrected chi connectivity index (χ0v) is 21.8. The highest BCUT2D eigenvalue weighted by Gasteiger charge is 2.34. The number of carbonyl (C=O) groups is 3. The molecule has 0 saturated carbocycles. The van der Waals surface area contributed by atoms with E-state index < -0.39 is 23.1 Å². The van der Waals surface area contributed by atoms with Gasteiger partial charge in [0, 0.05) is 21.3 Å². The number of hydrogen-bond donors (Lipinski definition) is 3. The number of carboxylic acids is 1. The van der Waals surface area contributed by atoms with Crippen LogP contribution in [0.5, 0.6) is 0 Å². The summed E-state index contributed by atoms with van der Waals surface area (Å²) in [5.41, 5.74) is 3.00. The van der Waals surface area contributed by atoms with Crippen molar-refractivity contribution in [3.05, 3.63) is 101 Å². The van der Waals surface area contributed by atoms with Gasteiger partial charge < -0.3 is 15.7 Å². The summed E-state index contributed by atoms with van der Waals surface area (Å²) in [7, 11) is 0. The second kappa shape index (κ2) is 12.1. The van der Waals surface area contributed by atoms with Gasteiger partial charge >= 0.3 is 5.97 Å². The number of anilines is 2. The number of hydrogen-bond acceptors (Lipinski definition) is 4. The van der Waals surface area contributed by atoms with Crippen LogP contribution < -0.4 is 10.6 Å². The number of allylic oxidation sites excluding steroid dienone is 2. The Hall–Kier alpha value is -3.55. The predicted octanol–water partition coefficient (Wildman–Crippen LogP) is 6.73. The summed E-state index contributed by atoms with van der Waals surface area (Å²) in [6.45, 7) is 1.91. The maximum Gasteiger partial charge on any atom is 0.307 e. The van der Waals surface area contributed by atoms with Crippen molar-refractivity contribution in [3.63, 3.8) is 0 Å². The Morgan fingerprint density at radius 2 is 1.59 bits per heavy atom. The van der Waals surface area contributed by atoms with E-state index in [0.29, 0.717) is 29.2 Å². The normalized spacial score (nSPS) is 17.6. The summed E-state index contributed by atoms with van der Waals surface area (Å²) in [6, 6.07) is 22.1. The number of thioether (sulfide) groups is 1. The Kier molecular flexibility index (Phi) is 8.69. The first-order valence-electron chi connectivity index (χ1n) is 11.9. The molecule has 1 aliphatic rings. The lowest BCUT2D eigenvalue weighted by atomic mass is 9.82. The molecule has 1 aliphatic carbocycles. The molecule has 0 heterocycles. The summed E-state index contributed by atoms with van der Waals surface area (Å²) < 4.78 is 0. The molecule has 0 aromatic heterocycles. The summed E-state index contributed by atoms with van der Waals surface area (Å²) in [6.07, 6.45) is 4.40. The number of benzene rings is 3. The van der Waals surface area contributed by atoms with Crippen molar-refractivity contribution in [2.75, 3.05) is 10.6 Å². The number of carboxylic acid groups (broad SMARTS) is 1. The van der Waals surface area contributed by atoms with Gasteiger partial charge in [0.25, 0.3) is 0 Å². The summed E-state index contributed by atoms with van der Waals surface area (Å²) in [5.74, 6) is -2.79. The Labute approximate surface area is 225 Å². The lowest BCUT2D eigenvalue weighted by Gasteiger charge is -2.24. The maximum absolute atomic E-state index is 13.4. The van der Waals surface area contributed by atoms with Crippen LogP contribution in [0.2, 0.25) is 5.02 Å². The van der Waals surface area contributed by atoms with Gasteiger partial charge in [0.05, 0.1) is 11.8 Å². The molecule has 0 radical (unpaired) electrons. The number of amides is 2. The van der Waals surface area contributed by atoms with E-state index in [1.807, 2.05) is 67.6 Å². The standard InChI is InChI=1S/C29H27ClN2O4S/c1-18-11-12-20(30)17-25(18)32-28(34)26(19-7-3-2-4-8-19)37-22-15-13-21(14-16-22)31-27(33)23-9-5-6-10-24(23)29(35)36/h2-8,11-17,23-24,26H,9-10H2,1H3,(H,31,33)(H,32,34)(H,35,36). The number of rotatable bonds is 8. The van der Waals surface area contributed by atoms with Gasteiger partial charge in [0.15, 0.2) is 0 Å². The highest BCUT2D eigenvalue weighted by atomic mass is 35.5. The Bertz CT molecular complexity index is 1310. The Balaban J connectivity index is 1.48. The van der Waals surface area contributed by atoms with E-state index in [1.54, 1.807) is 24.3 Å². The van der Waals surface area contributed by atoms with Crippen molar-refractivity contribution >= 4 is 52.5 Å². The minimum atomic E-state index is -0.963. The van der Waals surface area contributed by atoms with E-state index in [2.05, 4.69) is 10.6 Å². The Morgan fingerprint density at radius 1 is 0.919 bits per heavy atom. The van der Waals surface area contributed by atoms with Crippen molar-refractivity contribution in [1.29, 1.82) is 0 Å². The van der Waals surface area contributed by atoms with Crippen LogP contribution in [0, 0.1) is 18.8 Å². The van der Waals surface area contributed by atoms with Crippen LogP contribution in [0.15, 0.2) is 89.8 Å². The summed E-state index contributed by atoms with van der Waals surface area (Å²) in [4.78, 5) is 38.5. The molecule has 3 aromatic carbocycles. The molecular formula is C29H27ClN2O4S. The molecular weight excluding hydrogens is 508 g/mol. The van der Waals surface area contributed by atoms with Crippen molar-refractivity contribution in [2.45, 2.75) is 29.9 Å². The zero-order chi connectivity index (χ0) is 26.4. The lowest BCUT2D eigenvalue weighted by Crippen LogP contribution is -2.34. The molecule has 37 heavy (non-hydrogen) atoms. The zero-order valence-electron chi connectivity index (χ0n) is 20.2. The monoisotopic (exact) mass is 534 g/mol. The first-order valence-corrected chi connectivity index (χ1v) is 13.1. The van der Waals surface area contributed by atoms with Gasteiger partial charge in [-0.25, -0.2) is 0 Å². The molecule has 0 aliphatic heterocycles. The van der Waals surface area contributed by atoms with Crippen molar-refractivity contribution < 1.29 is 19.5 Å². The average Bonchev–Trinajstić information content (AvgIpc) is 2.90. The first-order chi connectivity index (χ1) is 17.8. The van der Waals surface area contributed by atoms with E-state index in [0.717, 1.165) is 16.0 Å². The van der Waals surface area contributed by atoms with Crippen LogP contribution in [0.25, 0.3) is 0 Å². The molecule has 0 fully saturated rings. The van der Waals surface area contributed by atoms with Crippen molar-refractivity contribution in [1.82, 2.24) is 0 Å². The molecule has 8 heteroatoms. The largest absolute Gasteiger partial charge is 0.481 e. The van der Waals surface area contributed by atoms with Crippen LogP contribution in [0.1, 0.15) is 29.2 Å². The van der Waals surface area contributed by atoms with E-state index in [4.69, 9.17) is 11.6 Å². The highest BCUT2D eigenvalue weighted by Crippen LogP contribution is 2.37. The first kappa shape index (κ1) is 26.5. The second-order valence-corrected chi connectivity index (χ2v) is 10.5. The molecule has 6 nitrogen and oxygen atoms in total. The number of aryl methyl sites for hydroxylation is 1. The van der Waals surface area contributed by atoms with E-state index in [1.165, 1.54) is 11.8 Å². The van der Waals surface area contributed by atoms with Crippen LogP contribution in [0.3, 0.4) is 0 Å². The van der Waals surface area contributed by atoms with Gasteiger partial charge in [-0.15, -0.1) is 11.8 Å². The number of nitrogens with one attached hydrogen (secondary N) is 2. The van der Waals surface area contributed by atoms with Gasteiger partial charge in [-0.05, 0) is 67.3 Å². The fourth-order valence-corrected chi connectivity index (χ4v) is 5.39. The second-order valence-electron chi connectivity index (χ2n) is 8.86. The third-order valence-corrected chi connectivity index (χ3v) is 7.76. The number of carbonyl (C=O) groups excluding carboxylic acids is 2. The molecule has 3 atom stereocenters. The number of aliphatic carboxylic acids is 1. The van der Waals surface area contributed by atoms with Crippen LogP contribution in [0.4, 0.5) is 11.4 Å². The fraction of sp³-hybridized carbons (Fsp3) is 0.207. The minimum Gasteiger partial charge on any atom is -0.481 e. The Morgan fingerprint density at radius 3 is 2.27 bits per heavy atom. The topological polar surface area (TPSA) is 95.5 Å². The smallest absolute Gasteiger partial charge is 0.307 e. The third-order valence-electron chi connectivity index (χ3n) is 6.26. The minimum absolute atomic E-state index is 0.177. The fourth-order valence-electron chi connectivity index (χ4n) is 4.19. The molecule has 0 saturated heterocycles. The SMILES string of the molecule is Cc1ccc(Cl)cc1NC(=O)C(Sc1ccc(NC(=O)C2CC=CCC2C(=O)O)cc1)c1ccccc1. The average molecular weight is 535 g/mol. The van der Waals surface area contributed by atoms with Gasteiger partial charge in [-0.3, -0.25) is 14.4 Å². The van der Waals surface area contributed by atoms with E-state index >= 15 is 0 Å². The summed E-state index contributed by atoms with van der Waals surface area (Å²) in [5, 5.41) is 15.3. The van der Waals surface area contributed by atoms with E-state index in [9.17, 15) is 19.5 Å².